The molecule has 1 saturated heterocycles. The number of carbonyl (C=O) groups is 1. The van der Waals surface area contributed by atoms with E-state index in [0.717, 1.165) is 42.1 Å². The van der Waals surface area contributed by atoms with Gasteiger partial charge in [-0.15, -0.1) is 0 Å². The van der Waals surface area contributed by atoms with Crippen molar-refractivity contribution in [2.75, 3.05) is 23.4 Å². The number of carbonyl (C=O) groups excluding carboxylic acids is 1. The standard InChI is InChI=1S/C14H20N2OS/c1-2-8-15-13-6-4-3-5-12(13)14(17)16-11-7-9-18-10-11/h3-6,11,15H,2,7-10H2,1H3,(H,16,17). The Balaban J connectivity index is 2.03. The van der Waals surface area contributed by atoms with E-state index in [2.05, 4.69) is 17.6 Å². The quantitative estimate of drug-likeness (QED) is 0.859. The second kappa shape index (κ2) is 6.69. The summed E-state index contributed by atoms with van der Waals surface area (Å²) in [4.78, 5) is 12.2. The minimum Gasteiger partial charge on any atom is -0.384 e. The lowest BCUT2D eigenvalue weighted by Crippen LogP contribution is -2.35. The Morgan fingerprint density at radius 1 is 1.44 bits per heavy atom. The van der Waals surface area contributed by atoms with Gasteiger partial charge < -0.3 is 10.6 Å². The number of hydrogen-bond acceptors (Lipinski definition) is 3. The predicted molar refractivity (Wildman–Crippen MR) is 78.4 cm³/mol. The zero-order valence-corrected chi connectivity index (χ0v) is 11.6. The van der Waals surface area contributed by atoms with Crippen molar-refractivity contribution in [3.63, 3.8) is 0 Å². The summed E-state index contributed by atoms with van der Waals surface area (Å²) < 4.78 is 0. The Morgan fingerprint density at radius 3 is 3.00 bits per heavy atom. The Kier molecular flexibility index (Phi) is 4.93. The molecule has 1 aliphatic rings. The van der Waals surface area contributed by atoms with Gasteiger partial charge in [0.05, 0.1) is 5.56 Å². The van der Waals surface area contributed by atoms with E-state index in [4.69, 9.17) is 0 Å². The highest BCUT2D eigenvalue weighted by Gasteiger charge is 2.19. The summed E-state index contributed by atoms with van der Waals surface area (Å²) in [6, 6.07) is 8.06. The monoisotopic (exact) mass is 264 g/mol. The minimum absolute atomic E-state index is 0.0432. The van der Waals surface area contributed by atoms with Gasteiger partial charge in [-0.25, -0.2) is 0 Å². The van der Waals surface area contributed by atoms with E-state index >= 15 is 0 Å². The third-order valence-electron chi connectivity index (χ3n) is 3.00. The average molecular weight is 264 g/mol. The highest BCUT2D eigenvalue weighted by atomic mass is 32.2. The van der Waals surface area contributed by atoms with Crippen molar-refractivity contribution in [1.82, 2.24) is 5.32 Å². The molecular weight excluding hydrogens is 244 g/mol. The van der Waals surface area contributed by atoms with Gasteiger partial charge in [-0.1, -0.05) is 19.1 Å². The van der Waals surface area contributed by atoms with Crippen molar-refractivity contribution < 1.29 is 4.79 Å². The normalized spacial score (nSPS) is 18.6. The molecule has 1 fully saturated rings. The van der Waals surface area contributed by atoms with E-state index in [-0.39, 0.29) is 5.91 Å². The lowest BCUT2D eigenvalue weighted by Gasteiger charge is -2.14. The van der Waals surface area contributed by atoms with Crippen LogP contribution < -0.4 is 10.6 Å². The molecule has 1 aliphatic heterocycles. The summed E-state index contributed by atoms with van der Waals surface area (Å²) in [5.74, 6) is 2.23. The third-order valence-corrected chi connectivity index (χ3v) is 4.16. The molecule has 1 amide bonds. The van der Waals surface area contributed by atoms with Gasteiger partial charge in [0.1, 0.15) is 0 Å². The number of nitrogens with one attached hydrogen (secondary N) is 2. The average Bonchev–Trinajstić information content (AvgIpc) is 2.89. The van der Waals surface area contributed by atoms with Crippen molar-refractivity contribution in [3.8, 4) is 0 Å². The molecule has 1 unspecified atom stereocenters. The molecule has 4 heteroatoms. The lowest BCUT2D eigenvalue weighted by atomic mass is 10.1. The molecule has 3 nitrogen and oxygen atoms in total. The number of benzene rings is 1. The van der Waals surface area contributed by atoms with Crippen LogP contribution in [-0.2, 0) is 0 Å². The number of thioether (sulfide) groups is 1. The van der Waals surface area contributed by atoms with Crippen molar-refractivity contribution in [1.29, 1.82) is 0 Å². The van der Waals surface area contributed by atoms with Crippen LogP contribution in [0.25, 0.3) is 0 Å². The maximum Gasteiger partial charge on any atom is 0.253 e. The first-order valence-corrected chi connectivity index (χ1v) is 7.68. The van der Waals surface area contributed by atoms with Gasteiger partial charge in [-0.3, -0.25) is 4.79 Å². The van der Waals surface area contributed by atoms with Gasteiger partial charge in [0.2, 0.25) is 0 Å². The Hall–Kier alpha value is -1.16. The molecule has 0 radical (unpaired) electrons. The molecule has 1 heterocycles. The molecule has 0 spiro atoms. The summed E-state index contributed by atoms with van der Waals surface area (Å²) in [6.07, 6.45) is 2.14. The van der Waals surface area contributed by atoms with Crippen molar-refractivity contribution in [2.24, 2.45) is 0 Å². The zero-order chi connectivity index (χ0) is 12.8. The Morgan fingerprint density at radius 2 is 2.28 bits per heavy atom. The maximum atomic E-state index is 12.2. The second-order valence-corrected chi connectivity index (χ2v) is 5.66. The third kappa shape index (κ3) is 3.42. The van der Waals surface area contributed by atoms with E-state index < -0.39 is 0 Å². The van der Waals surface area contributed by atoms with Gasteiger partial charge in [0.25, 0.3) is 5.91 Å². The van der Waals surface area contributed by atoms with Crippen molar-refractivity contribution in [2.45, 2.75) is 25.8 Å². The highest BCUT2D eigenvalue weighted by Crippen LogP contribution is 2.19. The molecule has 1 aromatic rings. The van der Waals surface area contributed by atoms with Crippen LogP contribution in [-0.4, -0.2) is 30.0 Å². The van der Waals surface area contributed by atoms with Crippen LogP contribution >= 0.6 is 11.8 Å². The SMILES string of the molecule is CCCNc1ccccc1C(=O)NC1CCSC1. The van der Waals surface area contributed by atoms with Crippen LogP contribution in [0, 0.1) is 0 Å². The first-order valence-electron chi connectivity index (χ1n) is 6.52. The summed E-state index contributed by atoms with van der Waals surface area (Å²) in [6.45, 7) is 3.01. The molecule has 98 valence electrons. The Labute approximate surface area is 113 Å². The molecule has 0 bridgehead atoms. The van der Waals surface area contributed by atoms with Crippen LogP contribution in [0.3, 0.4) is 0 Å². The number of rotatable bonds is 5. The molecule has 0 aromatic heterocycles. The summed E-state index contributed by atoms with van der Waals surface area (Å²) >= 11 is 1.91. The van der Waals surface area contributed by atoms with E-state index in [1.807, 2.05) is 36.0 Å². The fourth-order valence-corrected chi connectivity index (χ4v) is 3.16. The smallest absolute Gasteiger partial charge is 0.253 e. The van der Waals surface area contributed by atoms with Gasteiger partial charge in [0.15, 0.2) is 0 Å². The molecule has 2 rings (SSSR count). The summed E-state index contributed by atoms with van der Waals surface area (Å²) in [5.41, 5.74) is 1.69. The van der Waals surface area contributed by atoms with E-state index in [1.165, 1.54) is 0 Å². The number of para-hydroxylation sites is 1. The molecule has 18 heavy (non-hydrogen) atoms. The number of hydrogen-bond donors (Lipinski definition) is 2. The molecule has 0 aliphatic carbocycles. The fourth-order valence-electron chi connectivity index (χ4n) is 2.01. The minimum atomic E-state index is 0.0432. The lowest BCUT2D eigenvalue weighted by molar-refractivity contribution is 0.0942. The van der Waals surface area contributed by atoms with Crippen LogP contribution in [0.1, 0.15) is 30.1 Å². The van der Waals surface area contributed by atoms with Gasteiger partial charge >= 0.3 is 0 Å². The van der Waals surface area contributed by atoms with Gasteiger partial charge in [-0.05, 0) is 30.7 Å². The number of anilines is 1. The molecule has 2 N–H and O–H groups in total. The van der Waals surface area contributed by atoms with Crippen LogP contribution in [0.15, 0.2) is 24.3 Å². The van der Waals surface area contributed by atoms with Crippen molar-refractivity contribution >= 4 is 23.4 Å². The second-order valence-electron chi connectivity index (χ2n) is 4.51. The zero-order valence-electron chi connectivity index (χ0n) is 10.7. The van der Waals surface area contributed by atoms with Crippen LogP contribution in [0.2, 0.25) is 0 Å². The largest absolute Gasteiger partial charge is 0.384 e. The topological polar surface area (TPSA) is 41.1 Å². The van der Waals surface area contributed by atoms with Gasteiger partial charge in [-0.2, -0.15) is 11.8 Å². The molecule has 0 saturated carbocycles. The highest BCUT2D eigenvalue weighted by molar-refractivity contribution is 7.99. The van der Waals surface area contributed by atoms with E-state index in [1.54, 1.807) is 0 Å². The molecule has 1 aromatic carbocycles. The van der Waals surface area contributed by atoms with E-state index in [0.29, 0.717) is 6.04 Å². The summed E-state index contributed by atoms with van der Waals surface area (Å²) in [7, 11) is 0. The fraction of sp³-hybridized carbons (Fsp3) is 0.500. The van der Waals surface area contributed by atoms with Crippen molar-refractivity contribution in [3.05, 3.63) is 29.8 Å². The molecular formula is C14H20N2OS. The predicted octanol–water partition coefficient (Wildman–Crippen LogP) is 2.74. The number of amides is 1. The first kappa shape index (κ1) is 13.3. The van der Waals surface area contributed by atoms with E-state index in [9.17, 15) is 4.79 Å². The summed E-state index contributed by atoms with van der Waals surface area (Å²) in [5, 5.41) is 6.41. The van der Waals surface area contributed by atoms with Crippen LogP contribution in [0.5, 0.6) is 0 Å². The van der Waals surface area contributed by atoms with Gasteiger partial charge in [0, 0.05) is 24.0 Å². The van der Waals surface area contributed by atoms with Crippen LogP contribution in [0.4, 0.5) is 5.69 Å². The first-order chi connectivity index (χ1) is 8.81. The Bertz CT molecular complexity index is 403. The maximum absolute atomic E-state index is 12.2. The molecule has 1 atom stereocenters.